The average molecular weight is 373 g/mol. The van der Waals surface area contributed by atoms with Gasteiger partial charge in [0.15, 0.2) is 17.5 Å². The topological polar surface area (TPSA) is 114 Å². The molecule has 0 saturated heterocycles. The number of nitrogens with one attached hydrogen (secondary N) is 1. The first-order valence-corrected chi connectivity index (χ1v) is 8.25. The molecule has 2 heterocycles. The van der Waals surface area contributed by atoms with Crippen LogP contribution >= 0.6 is 0 Å². The first-order valence-electron chi connectivity index (χ1n) is 8.25. The Kier molecular flexibility index (Phi) is 4.46. The maximum atomic E-state index is 14.5. The van der Waals surface area contributed by atoms with Gasteiger partial charge < -0.3 is 15.5 Å². The standard InChI is InChI=1S/C18H20FN5O3/c1-9-21-13(8-27-9)15(25)22-10-5-6-12(19)11(7-10)14-18(2,3)16(26)24(4)17(20)23-14/h5-8,14H,1-4H3,(H2,20,23)(H,22,25). The van der Waals surface area contributed by atoms with Crippen molar-refractivity contribution in [2.75, 3.05) is 12.4 Å². The van der Waals surface area contributed by atoms with Crippen LogP contribution in [0.2, 0.25) is 0 Å². The molecule has 1 atom stereocenters. The van der Waals surface area contributed by atoms with Crippen LogP contribution < -0.4 is 11.1 Å². The van der Waals surface area contributed by atoms with Crippen LogP contribution in [0, 0.1) is 18.2 Å². The fraction of sp³-hybridized carbons (Fsp3) is 0.333. The lowest BCUT2D eigenvalue weighted by atomic mass is 9.78. The summed E-state index contributed by atoms with van der Waals surface area (Å²) in [6.45, 7) is 4.97. The number of carbonyl (C=O) groups is 2. The lowest BCUT2D eigenvalue weighted by Gasteiger charge is -2.38. The van der Waals surface area contributed by atoms with Gasteiger partial charge in [0, 0.05) is 25.2 Å². The fourth-order valence-corrected chi connectivity index (χ4v) is 2.99. The van der Waals surface area contributed by atoms with Crippen molar-refractivity contribution in [1.29, 1.82) is 0 Å². The number of anilines is 1. The van der Waals surface area contributed by atoms with Crippen LogP contribution in [0.25, 0.3) is 0 Å². The molecule has 1 aliphatic rings. The summed E-state index contributed by atoms with van der Waals surface area (Å²) in [5.41, 5.74) is 5.41. The number of aromatic nitrogens is 1. The fourth-order valence-electron chi connectivity index (χ4n) is 2.99. The number of aliphatic imine (C=N–C) groups is 1. The maximum absolute atomic E-state index is 14.5. The zero-order valence-electron chi connectivity index (χ0n) is 15.4. The molecule has 27 heavy (non-hydrogen) atoms. The highest BCUT2D eigenvalue weighted by Gasteiger charge is 2.45. The number of guanidine groups is 1. The van der Waals surface area contributed by atoms with Crippen LogP contribution in [0.4, 0.5) is 10.1 Å². The van der Waals surface area contributed by atoms with Gasteiger partial charge in [-0.25, -0.2) is 14.4 Å². The number of hydrogen-bond donors (Lipinski definition) is 2. The molecule has 1 aromatic heterocycles. The van der Waals surface area contributed by atoms with Crippen molar-refractivity contribution in [2.24, 2.45) is 16.1 Å². The van der Waals surface area contributed by atoms with E-state index in [4.69, 9.17) is 10.2 Å². The summed E-state index contributed by atoms with van der Waals surface area (Å²) < 4.78 is 19.6. The number of hydrogen-bond acceptors (Lipinski definition) is 6. The molecule has 0 radical (unpaired) electrons. The van der Waals surface area contributed by atoms with Gasteiger partial charge in [-0.1, -0.05) is 0 Å². The van der Waals surface area contributed by atoms with Gasteiger partial charge in [-0.2, -0.15) is 0 Å². The summed E-state index contributed by atoms with van der Waals surface area (Å²) in [6.07, 6.45) is 1.23. The van der Waals surface area contributed by atoms with Crippen molar-refractivity contribution in [3.05, 3.63) is 47.4 Å². The molecule has 0 spiro atoms. The van der Waals surface area contributed by atoms with Crippen LogP contribution in [0.3, 0.4) is 0 Å². The van der Waals surface area contributed by atoms with Gasteiger partial charge in [-0.05, 0) is 32.0 Å². The third-order valence-electron chi connectivity index (χ3n) is 4.54. The predicted octanol–water partition coefficient (Wildman–Crippen LogP) is 2.23. The minimum atomic E-state index is -1.01. The minimum Gasteiger partial charge on any atom is -0.448 e. The molecular weight excluding hydrogens is 353 g/mol. The molecule has 3 N–H and O–H groups in total. The van der Waals surface area contributed by atoms with E-state index in [1.54, 1.807) is 20.8 Å². The van der Waals surface area contributed by atoms with Crippen LogP contribution in [0.15, 0.2) is 33.9 Å². The van der Waals surface area contributed by atoms with E-state index in [0.717, 1.165) is 0 Å². The molecular formula is C18H20FN5O3. The van der Waals surface area contributed by atoms with E-state index >= 15 is 0 Å². The van der Waals surface area contributed by atoms with Crippen molar-refractivity contribution < 1.29 is 18.4 Å². The number of benzene rings is 1. The summed E-state index contributed by atoms with van der Waals surface area (Å²) in [6, 6.07) is 3.25. The highest BCUT2D eigenvalue weighted by atomic mass is 19.1. The highest BCUT2D eigenvalue weighted by Crippen LogP contribution is 2.42. The molecule has 8 nitrogen and oxygen atoms in total. The largest absolute Gasteiger partial charge is 0.448 e. The Labute approximate surface area is 155 Å². The summed E-state index contributed by atoms with van der Waals surface area (Å²) in [5, 5.41) is 2.63. The number of aryl methyl sites for hydroxylation is 1. The quantitative estimate of drug-likeness (QED) is 0.856. The molecule has 142 valence electrons. The average Bonchev–Trinajstić information content (AvgIpc) is 3.05. The van der Waals surface area contributed by atoms with E-state index in [1.807, 2.05) is 0 Å². The second kappa shape index (κ2) is 6.49. The Hall–Kier alpha value is -3.23. The first-order chi connectivity index (χ1) is 12.6. The van der Waals surface area contributed by atoms with E-state index in [0.29, 0.717) is 11.6 Å². The summed E-state index contributed by atoms with van der Waals surface area (Å²) in [5.74, 6) is -0.942. The van der Waals surface area contributed by atoms with Crippen molar-refractivity contribution >= 4 is 23.5 Å². The highest BCUT2D eigenvalue weighted by molar-refractivity contribution is 6.03. The lowest BCUT2D eigenvalue weighted by Crippen LogP contribution is -2.51. The molecule has 2 aromatic rings. The van der Waals surface area contributed by atoms with Crippen LogP contribution in [0.1, 0.15) is 41.8 Å². The van der Waals surface area contributed by atoms with E-state index in [-0.39, 0.29) is 23.1 Å². The van der Waals surface area contributed by atoms with Gasteiger partial charge in [0.05, 0.1) is 11.5 Å². The normalized spacial score (nSPS) is 19.0. The van der Waals surface area contributed by atoms with Crippen molar-refractivity contribution in [3.8, 4) is 0 Å². The number of amides is 2. The molecule has 1 aromatic carbocycles. The number of carbonyl (C=O) groups excluding carboxylic acids is 2. The Bertz CT molecular complexity index is 950. The number of nitrogens with two attached hydrogens (primary N) is 1. The van der Waals surface area contributed by atoms with Gasteiger partial charge in [-0.15, -0.1) is 0 Å². The molecule has 9 heteroatoms. The van der Waals surface area contributed by atoms with Gasteiger partial charge in [0.25, 0.3) is 5.91 Å². The summed E-state index contributed by atoms with van der Waals surface area (Å²) in [4.78, 5) is 34.3. The van der Waals surface area contributed by atoms with Gasteiger partial charge in [-0.3, -0.25) is 14.5 Å². The van der Waals surface area contributed by atoms with Gasteiger partial charge >= 0.3 is 0 Å². The maximum Gasteiger partial charge on any atom is 0.277 e. The zero-order valence-corrected chi connectivity index (χ0v) is 15.4. The molecule has 0 aliphatic carbocycles. The summed E-state index contributed by atoms with van der Waals surface area (Å²) >= 11 is 0. The molecule has 1 unspecified atom stereocenters. The third kappa shape index (κ3) is 3.27. The van der Waals surface area contributed by atoms with E-state index in [2.05, 4.69) is 15.3 Å². The molecule has 3 rings (SSSR count). The second-order valence-electron chi connectivity index (χ2n) is 6.92. The number of oxazole rings is 1. The number of halogens is 1. The van der Waals surface area contributed by atoms with E-state index < -0.39 is 23.2 Å². The van der Waals surface area contributed by atoms with Gasteiger partial charge in [0.2, 0.25) is 5.91 Å². The van der Waals surface area contributed by atoms with Crippen molar-refractivity contribution in [3.63, 3.8) is 0 Å². The molecule has 2 amide bonds. The zero-order chi connectivity index (χ0) is 19.9. The molecule has 0 fully saturated rings. The minimum absolute atomic E-state index is 0.0104. The monoisotopic (exact) mass is 373 g/mol. The van der Waals surface area contributed by atoms with Crippen LogP contribution in [0.5, 0.6) is 0 Å². The Morgan fingerprint density at radius 3 is 2.74 bits per heavy atom. The first kappa shape index (κ1) is 18.6. The summed E-state index contributed by atoms with van der Waals surface area (Å²) in [7, 11) is 1.52. The smallest absolute Gasteiger partial charge is 0.277 e. The van der Waals surface area contributed by atoms with Crippen molar-refractivity contribution in [1.82, 2.24) is 9.88 Å². The van der Waals surface area contributed by atoms with Crippen molar-refractivity contribution in [2.45, 2.75) is 26.8 Å². The van der Waals surface area contributed by atoms with E-state index in [1.165, 1.54) is 36.4 Å². The Morgan fingerprint density at radius 1 is 1.41 bits per heavy atom. The SMILES string of the molecule is Cc1nc(C(=O)Nc2ccc(F)c(C3N=C(N)N(C)C(=O)C3(C)C)c2)co1. The molecule has 0 saturated carbocycles. The van der Waals surface area contributed by atoms with E-state index in [9.17, 15) is 14.0 Å². The Balaban J connectivity index is 1.96. The second-order valence-corrected chi connectivity index (χ2v) is 6.92. The number of rotatable bonds is 3. The Morgan fingerprint density at radius 2 is 2.11 bits per heavy atom. The lowest BCUT2D eigenvalue weighted by molar-refractivity contribution is -0.137. The predicted molar refractivity (Wildman–Crippen MR) is 96.5 cm³/mol. The van der Waals surface area contributed by atoms with Crippen LogP contribution in [-0.2, 0) is 4.79 Å². The third-order valence-corrected chi connectivity index (χ3v) is 4.54. The van der Waals surface area contributed by atoms with Gasteiger partial charge in [0.1, 0.15) is 12.1 Å². The number of nitrogens with zero attached hydrogens (tertiary/aromatic N) is 3. The van der Waals surface area contributed by atoms with Crippen LogP contribution in [-0.4, -0.2) is 34.7 Å². The molecule has 1 aliphatic heterocycles. The molecule has 0 bridgehead atoms.